The van der Waals surface area contributed by atoms with E-state index in [0.717, 1.165) is 22.7 Å². The molecule has 0 aliphatic rings. The minimum absolute atomic E-state index is 1.11. The molecule has 212 valence electrons. The summed E-state index contributed by atoms with van der Waals surface area (Å²) >= 11 is 0. The van der Waals surface area contributed by atoms with Crippen LogP contribution < -0.4 is 4.90 Å². The van der Waals surface area contributed by atoms with Gasteiger partial charge in [0.15, 0.2) is 0 Å². The molecule has 9 aromatic rings. The lowest BCUT2D eigenvalue weighted by Gasteiger charge is -2.25. The lowest BCUT2D eigenvalue weighted by atomic mass is 10.1. The number of aromatic nitrogens is 2. The van der Waals surface area contributed by atoms with Crippen molar-refractivity contribution in [2.24, 2.45) is 0 Å². The summed E-state index contributed by atoms with van der Waals surface area (Å²) in [7, 11) is 0. The standard InChI is InChI=1S/C42H29N3/c1-4-14-30(15-5-1)43(31-16-6-2-7-17-31)33-24-26-34(27-25-33)44-39-23-13-11-21-37(39)41-40(44)29-28-36-35-20-10-12-22-38(35)45(42(36)41)32-18-8-3-9-19-32/h1-29H. The molecule has 3 heteroatoms. The Hall–Kier alpha value is -6.06. The average Bonchev–Trinajstić information content (AvgIpc) is 3.63. The van der Waals surface area contributed by atoms with E-state index in [4.69, 9.17) is 0 Å². The molecule has 0 radical (unpaired) electrons. The fourth-order valence-electron chi connectivity index (χ4n) is 6.98. The van der Waals surface area contributed by atoms with E-state index in [-0.39, 0.29) is 0 Å². The van der Waals surface area contributed by atoms with Crippen LogP contribution in [0.5, 0.6) is 0 Å². The molecule has 2 aromatic heterocycles. The van der Waals surface area contributed by atoms with Crippen LogP contribution >= 0.6 is 0 Å². The van der Waals surface area contributed by atoms with Crippen LogP contribution in [0, 0.1) is 0 Å². The molecular formula is C42H29N3. The predicted octanol–water partition coefficient (Wildman–Crippen LogP) is 11.4. The highest BCUT2D eigenvalue weighted by molar-refractivity contribution is 6.26. The van der Waals surface area contributed by atoms with Gasteiger partial charge in [-0.05, 0) is 78.9 Å². The second-order valence-corrected chi connectivity index (χ2v) is 11.4. The molecule has 0 fully saturated rings. The Balaban J connectivity index is 1.29. The summed E-state index contributed by atoms with van der Waals surface area (Å²) in [6, 6.07) is 63.0. The van der Waals surface area contributed by atoms with E-state index in [1.165, 1.54) is 49.3 Å². The van der Waals surface area contributed by atoms with Crippen molar-refractivity contribution in [1.29, 1.82) is 0 Å². The quantitative estimate of drug-likeness (QED) is 0.199. The molecule has 0 amide bonds. The molecule has 0 saturated heterocycles. The Kier molecular flexibility index (Phi) is 5.82. The molecule has 0 N–H and O–H groups in total. The van der Waals surface area contributed by atoms with Gasteiger partial charge in [-0.15, -0.1) is 0 Å². The minimum atomic E-state index is 1.11. The van der Waals surface area contributed by atoms with E-state index < -0.39 is 0 Å². The van der Waals surface area contributed by atoms with Gasteiger partial charge in [0.25, 0.3) is 0 Å². The van der Waals surface area contributed by atoms with Gasteiger partial charge in [0.05, 0.1) is 22.1 Å². The van der Waals surface area contributed by atoms with Crippen molar-refractivity contribution in [3.63, 3.8) is 0 Å². The van der Waals surface area contributed by atoms with E-state index in [0.29, 0.717) is 0 Å². The zero-order valence-corrected chi connectivity index (χ0v) is 24.6. The van der Waals surface area contributed by atoms with Crippen molar-refractivity contribution in [3.05, 3.63) is 176 Å². The Morgan fingerprint density at radius 1 is 0.311 bits per heavy atom. The first kappa shape index (κ1) is 25.4. The molecule has 45 heavy (non-hydrogen) atoms. The van der Waals surface area contributed by atoms with Crippen molar-refractivity contribution in [2.75, 3.05) is 4.90 Å². The van der Waals surface area contributed by atoms with Gasteiger partial charge in [0.2, 0.25) is 0 Å². The maximum atomic E-state index is 2.43. The van der Waals surface area contributed by atoms with Gasteiger partial charge in [0, 0.05) is 50.0 Å². The number of hydrogen-bond acceptors (Lipinski definition) is 1. The third kappa shape index (κ3) is 3.98. The van der Waals surface area contributed by atoms with Crippen molar-refractivity contribution >= 4 is 60.7 Å². The largest absolute Gasteiger partial charge is 0.311 e. The smallest absolute Gasteiger partial charge is 0.0641 e. The zero-order valence-electron chi connectivity index (χ0n) is 24.6. The Morgan fingerprint density at radius 3 is 1.44 bits per heavy atom. The Morgan fingerprint density at radius 2 is 0.800 bits per heavy atom. The van der Waals surface area contributed by atoms with Crippen molar-refractivity contribution in [1.82, 2.24) is 9.13 Å². The Labute approximate surface area is 261 Å². The van der Waals surface area contributed by atoms with Crippen LogP contribution in [0.3, 0.4) is 0 Å². The van der Waals surface area contributed by atoms with Crippen LogP contribution in [-0.2, 0) is 0 Å². The lowest BCUT2D eigenvalue weighted by molar-refractivity contribution is 1.17. The topological polar surface area (TPSA) is 13.1 Å². The number of para-hydroxylation sites is 5. The number of anilines is 3. The van der Waals surface area contributed by atoms with E-state index in [2.05, 4.69) is 190 Å². The van der Waals surface area contributed by atoms with Gasteiger partial charge in [-0.2, -0.15) is 0 Å². The number of fused-ring (bicyclic) bond motifs is 7. The number of hydrogen-bond donors (Lipinski definition) is 0. The summed E-state index contributed by atoms with van der Waals surface area (Å²) < 4.78 is 4.85. The van der Waals surface area contributed by atoms with Crippen LogP contribution in [0.4, 0.5) is 17.1 Å². The first-order chi connectivity index (χ1) is 22.4. The van der Waals surface area contributed by atoms with Gasteiger partial charge in [-0.1, -0.05) is 97.1 Å². The summed E-state index contributed by atoms with van der Waals surface area (Å²) in [5.41, 5.74) is 10.5. The average molecular weight is 576 g/mol. The molecule has 0 spiro atoms. The molecular weight excluding hydrogens is 546 g/mol. The summed E-state index contributed by atoms with van der Waals surface area (Å²) in [5.74, 6) is 0. The molecule has 2 heterocycles. The Bertz CT molecular complexity index is 2420. The van der Waals surface area contributed by atoms with Crippen LogP contribution in [0.25, 0.3) is 55.0 Å². The van der Waals surface area contributed by atoms with Gasteiger partial charge in [-0.3, -0.25) is 0 Å². The number of benzene rings is 7. The van der Waals surface area contributed by atoms with Crippen LogP contribution in [0.1, 0.15) is 0 Å². The predicted molar refractivity (Wildman–Crippen MR) is 190 cm³/mol. The number of rotatable bonds is 5. The molecule has 0 saturated carbocycles. The molecule has 7 aromatic carbocycles. The summed E-state index contributed by atoms with van der Waals surface area (Å²) in [6.45, 7) is 0. The highest BCUT2D eigenvalue weighted by Crippen LogP contribution is 2.42. The maximum Gasteiger partial charge on any atom is 0.0641 e. The summed E-state index contributed by atoms with van der Waals surface area (Å²) in [6.07, 6.45) is 0. The second kappa shape index (κ2) is 10.3. The normalized spacial score (nSPS) is 11.6. The maximum absolute atomic E-state index is 2.43. The van der Waals surface area contributed by atoms with Gasteiger partial charge >= 0.3 is 0 Å². The summed E-state index contributed by atoms with van der Waals surface area (Å²) in [5, 5.41) is 5.04. The first-order valence-electron chi connectivity index (χ1n) is 15.4. The third-order valence-electron chi connectivity index (χ3n) is 8.88. The molecule has 9 rings (SSSR count). The zero-order chi connectivity index (χ0) is 29.7. The SMILES string of the molecule is c1ccc(N(c2ccccc2)c2ccc(-n3c4ccccc4c4c3ccc3c5ccccc5n(-c5ccccc5)c34)cc2)cc1. The van der Waals surface area contributed by atoms with E-state index in [1.807, 2.05) is 0 Å². The van der Waals surface area contributed by atoms with E-state index in [9.17, 15) is 0 Å². The van der Waals surface area contributed by atoms with Gasteiger partial charge in [-0.25, -0.2) is 0 Å². The molecule has 0 unspecified atom stereocenters. The first-order valence-corrected chi connectivity index (χ1v) is 15.4. The van der Waals surface area contributed by atoms with Gasteiger partial charge < -0.3 is 14.0 Å². The van der Waals surface area contributed by atoms with Crippen molar-refractivity contribution in [3.8, 4) is 11.4 Å². The van der Waals surface area contributed by atoms with Crippen molar-refractivity contribution < 1.29 is 0 Å². The fraction of sp³-hybridized carbons (Fsp3) is 0. The van der Waals surface area contributed by atoms with E-state index in [1.54, 1.807) is 0 Å². The highest BCUT2D eigenvalue weighted by Gasteiger charge is 2.21. The third-order valence-corrected chi connectivity index (χ3v) is 8.88. The monoisotopic (exact) mass is 575 g/mol. The lowest BCUT2D eigenvalue weighted by Crippen LogP contribution is -2.09. The molecule has 0 bridgehead atoms. The van der Waals surface area contributed by atoms with Crippen LogP contribution in [-0.4, -0.2) is 9.13 Å². The number of nitrogens with zero attached hydrogens (tertiary/aromatic N) is 3. The van der Waals surface area contributed by atoms with E-state index >= 15 is 0 Å². The second-order valence-electron chi connectivity index (χ2n) is 11.4. The minimum Gasteiger partial charge on any atom is -0.311 e. The van der Waals surface area contributed by atoms with Gasteiger partial charge in [0.1, 0.15) is 0 Å². The molecule has 0 aliphatic carbocycles. The fourth-order valence-corrected chi connectivity index (χ4v) is 6.98. The molecule has 0 aliphatic heterocycles. The molecule has 3 nitrogen and oxygen atoms in total. The summed E-state index contributed by atoms with van der Waals surface area (Å²) in [4.78, 5) is 2.30. The van der Waals surface area contributed by atoms with Crippen molar-refractivity contribution in [2.45, 2.75) is 0 Å². The van der Waals surface area contributed by atoms with Crippen LogP contribution in [0.15, 0.2) is 176 Å². The van der Waals surface area contributed by atoms with Crippen LogP contribution in [0.2, 0.25) is 0 Å². The molecule has 0 atom stereocenters. The highest BCUT2D eigenvalue weighted by atomic mass is 15.1.